The van der Waals surface area contributed by atoms with Crippen LogP contribution in [0.3, 0.4) is 0 Å². The van der Waals surface area contributed by atoms with Crippen LogP contribution in [0.1, 0.15) is 51.3 Å². The molecular weight excluding hydrogens is 454 g/mol. The van der Waals surface area contributed by atoms with E-state index in [-0.39, 0.29) is 19.6 Å². The third-order valence-corrected chi connectivity index (χ3v) is 4.45. The van der Waals surface area contributed by atoms with E-state index in [9.17, 15) is 24.3 Å². The molecule has 10 heteroatoms. The predicted octanol–water partition coefficient (Wildman–Crippen LogP) is 1.75. The molecular formula is C25H33N3O7. The highest BCUT2D eigenvalue weighted by Gasteiger charge is 2.35. The van der Waals surface area contributed by atoms with Gasteiger partial charge in [-0.25, -0.2) is 4.79 Å². The second-order valence-electron chi connectivity index (χ2n) is 8.34. The summed E-state index contributed by atoms with van der Waals surface area (Å²) in [7, 11) is 0. The average molecular weight is 488 g/mol. The van der Waals surface area contributed by atoms with Gasteiger partial charge in [0.25, 0.3) is 5.91 Å². The van der Waals surface area contributed by atoms with Crippen molar-refractivity contribution >= 4 is 30.0 Å². The first-order valence-corrected chi connectivity index (χ1v) is 11.0. The molecule has 190 valence electrons. The number of ether oxygens (including phenoxy) is 2. The molecule has 0 fully saturated rings. The number of aliphatic hydroxyl groups is 1. The summed E-state index contributed by atoms with van der Waals surface area (Å²) in [5, 5.41) is 14.6. The Hall–Kier alpha value is -3.84. The molecule has 1 aromatic carbocycles. The number of rotatable bonds is 11. The van der Waals surface area contributed by atoms with E-state index in [0.29, 0.717) is 11.1 Å². The average Bonchev–Trinajstić information content (AvgIpc) is 2.79. The van der Waals surface area contributed by atoms with Crippen molar-refractivity contribution in [1.82, 2.24) is 15.5 Å². The zero-order valence-corrected chi connectivity index (χ0v) is 20.5. The Kier molecular flexibility index (Phi) is 11.5. The van der Waals surface area contributed by atoms with Gasteiger partial charge in [0.05, 0.1) is 19.6 Å². The minimum atomic E-state index is -1.47. The second kappa shape index (κ2) is 13.8. The summed E-state index contributed by atoms with van der Waals surface area (Å²) >= 11 is 0. The van der Waals surface area contributed by atoms with Crippen LogP contribution in [0.25, 0.3) is 6.08 Å². The molecule has 0 heterocycles. The number of benzene rings is 1. The lowest BCUT2D eigenvalue weighted by atomic mass is 10.0. The van der Waals surface area contributed by atoms with Gasteiger partial charge in [-0.1, -0.05) is 37.3 Å². The first kappa shape index (κ1) is 29.2. The number of esters is 1. The largest absolute Gasteiger partial charge is 0.466 e. The van der Waals surface area contributed by atoms with Crippen LogP contribution in [0.5, 0.6) is 0 Å². The van der Waals surface area contributed by atoms with E-state index >= 15 is 0 Å². The Bertz CT molecular complexity index is 963. The quantitative estimate of drug-likeness (QED) is 0.246. The van der Waals surface area contributed by atoms with Crippen LogP contribution in [0.2, 0.25) is 0 Å². The van der Waals surface area contributed by atoms with E-state index in [4.69, 9.17) is 15.9 Å². The van der Waals surface area contributed by atoms with Gasteiger partial charge in [0.1, 0.15) is 17.7 Å². The summed E-state index contributed by atoms with van der Waals surface area (Å²) in [5.41, 5.74) is 0.184. The fraction of sp³-hybridized carbons (Fsp3) is 0.440. The Morgan fingerprint density at radius 3 is 2.51 bits per heavy atom. The number of nitrogens with zero attached hydrogens (tertiary/aromatic N) is 1. The molecule has 0 aliphatic carbocycles. The van der Waals surface area contributed by atoms with Gasteiger partial charge in [-0.3, -0.25) is 19.3 Å². The number of nitrogens with one attached hydrogen (secondary N) is 2. The summed E-state index contributed by atoms with van der Waals surface area (Å²) in [6.45, 7) is 9.64. The smallest absolute Gasteiger partial charge is 0.408 e. The van der Waals surface area contributed by atoms with E-state index in [0.717, 1.165) is 4.90 Å². The zero-order valence-electron chi connectivity index (χ0n) is 20.5. The number of hydrogen-bond acceptors (Lipinski definition) is 7. The molecule has 1 aromatic rings. The van der Waals surface area contributed by atoms with Crippen molar-refractivity contribution in [1.29, 1.82) is 0 Å². The van der Waals surface area contributed by atoms with Gasteiger partial charge in [0.2, 0.25) is 5.91 Å². The lowest BCUT2D eigenvalue weighted by Crippen LogP contribution is -2.53. The molecule has 0 spiro atoms. The van der Waals surface area contributed by atoms with Crippen LogP contribution < -0.4 is 10.6 Å². The molecule has 2 unspecified atom stereocenters. The molecule has 35 heavy (non-hydrogen) atoms. The number of terminal acetylenes is 1. The van der Waals surface area contributed by atoms with E-state index in [1.807, 2.05) is 0 Å². The lowest BCUT2D eigenvalue weighted by molar-refractivity contribution is -0.143. The molecule has 0 aromatic heterocycles. The Morgan fingerprint density at radius 2 is 1.97 bits per heavy atom. The molecule has 0 radical (unpaired) electrons. The fourth-order valence-electron chi connectivity index (χ4n) is 2.96. The van der Waals surface area contributed by atoms with Crippen molar-refractivity contribution < 1.29 is 33.8 Å². The van der Waals surface area contributed by atoms with E-state index in [1.165, 1.54) is 0 Å². The third-order valence-electron chi connectivity index (χ3n) is 4.45. The van der Waals surface area contributed by atoms with Crippen LogP contribution in [0, 0.1) is 12.5 Å². The summed E-state index contributed by atoms with van der Waals surface area (Å²) in [6, 6.07) is 5.99. The summed E-state index contributed by atoms with van der Waals surface area (Å²) in [6.07, 6.45) is 6.15. The predicted molar refractivity (Wildman–Crippen MR) is 129 cm³/mol. The summed E-state index contributed by atoms with van der Waals surface area (Å²) < 4.78 is 9.98. The third kappa shape index (κ3) is 9.51. The number of alkyl carbamates (subject to hydrolysis) is 1. The van der Waals surface area contributed by atoms with Crippen molar-refractivity contribution in [2.75, 3.05) is 19.8 Å². The first-order chi connectivity index (χ1) is 16.5. The number of amides is 3. The van der Waals surface area contributed by atoms with Crippen molar-refractivity contribution in [3.8, 4) is 12.5 Å². The maximum Gasteiger partial charge on any atom is 0.408 e. The molecule has 0 saturated carbocycles. The molecule has 0 saturated heterocycles. The molecule has 3 N–H and O–H groups in total. The van der Waals surface area contributed by atoms with Crippen molar-refractivity contribution in [3.05, 3.63) is 42.0 Å². The van der Waals surface area contributed by atoms with Gasteiger partial charge in [-0.15, -0.1) is 0 Å². The molecule has 10 nitrogen and oxygen atoms in total. The lowest BCUT2D eigenvalue weighted by Gasteiger charge is -2.30. The number of aliphatic hydroxyl groups excluding tert-OH is 1. The normalized spacial score (nSPS) is 12.3. The highest BCUT2D eigenvalue weighted by Crippen LogP contribution is 2.23. The fourth-order valence-corrected chi connectivity index (χ4v) is 2.96. The summed E-state index contributed by atoms with van der Waals surface area (Å²) in [4.78, 5) is 50.9. The van der Waals surface area contributed by atoms with Gasteiger partial charge in [-0.2, -0.15) is 0 Å². The SMILES string of the molecule is C#CN(C(=O)C(CO)NC(=O)OC(C)(C)C)C(C(=O)NCCC(=O)OCC)c1cccc(C=C)c1. The summed E-state index contributed by atoms with van der Waals surface area (Å²) in [5.74, 6) is -2.07. The number of hydrogen-bond donors (Lipinski definition) is 3. The van der Waals surface area contributed by atoms with Crippen molar-refractivity contribution in [2.24, 2.45) is 0 Å². The molecule has 0 aliphatic heterocycles. The van der Waals surface area contributed by atoms with Gasteiger partial charge in [0.15, 0.2) is 0 Å². The Labute approximate surface area is 205 Å². The van der Waals surface area contributed by atoms with E-state index < -0.39 is 48.2 Å². The van der Waals surface area contributed by atoms with Crippen LogP contribution in [-0.4, -0.2) is 65.3 Å². The van der Waals surface area contributed by atoms with Gasteiger partial charge >= 0.3 is 12.1 Å². The molecule has 3 amide bonds. The standard InChI is InChI=1S/C25H33N3O7/c1-7-17-11-10-12-18(15-17)21(22(31)26-14-13-20(30)34-9-3)28(8-2)23(32)19(16-29)27-24(33)35-25(4,5)6/h2,7,10-12,15,19,21,29H,1,9,13-14,16H2,3-6H3,(H,26,31)(H,27,33). The first-order valence-electron chi connectivity index (χ1n) is 11.0. The highest BCUT2D eigenvalue weighted by molar-refractivity contribution is 5.93. The van der Waals surface area contributed by atoms with Crippen LogP contribution in [-0.2, 0) is 23.9 Å². The topological polar surface area (TPSA) is 134 Å². The number of carbonyl (C=O) groups is 4. The van der Waals surface area contributed by atoms with Crippen molar-refractivity contribution in [3.63, 3.8) is 0 Å². The van der Waals surface area contributed by atoms with E-state index in [2.05, 4.69) is 23.3 Å². The van der Waals surface area contributed by atoms with Gasteiger partial charge < -0.3 is 25.2 Å². The highest BCUT2D eigenvalue weighted by atomic mass is 16.6. The van der Waals surface area contributed by atoms with Crippen molar-refractivity contribution in [2.45, 2.75) is 51.8 Å². The zero-order chi connectivity index (χ0) is 26.6. The molecule has 2 atom stereocenters. The maximum atomic E-state index is 13.2. The Balaban J connectivity index is 3.24. The van der Waals surface area contributed by atoms with Crippen LogP contribution in [0.15, 0.2) is 30.8 Å². The maximum absolute atomic E-state index is 13.2. The number of carbonyl (C=O) groups excluding carboxylic acids is 4. The van der Waals surface area contributed by atoms with Crippen LogP contribution in [0.4, 0.5) is 4.79 Å². The Morgan fingerprint density at radius 1 is 1.29 bits per heavy atom. The molecule has 0 bridgehead atoms. The second-order valence-corrected chi connectivity index (χ2v) is 8.34. The monoisotopic (exact) mass is 487 g/mol. The van der Waals surface area contributed by atoms with Gasteiger partial charge in [0, 0.05) is 12.6 Å². The molecule has 1 rings (SSSR count). The van der Waals surface area contributed by atoms with Crippen LogP contribution >= 0.6 is 0 Å². The minimum absolute atomic E-state index is 0.0541. The van der Waals surface area contributed by atoms with Gasteiger partial charge in [-0.05, 0) is 44.9 Å². The van der Waals surface area contributed by atoms with E-state index in [1.54, 1.807) is 58.0 Å². The molecule has 0 aliphatic rings. The minimum Gasteiger partial charge on any atom is -0.466 e.